The maximum atomic E-state index is 12.9. The van der Waals surface area contributed by atoms with Crippen LogP contribution in [0.3, 0.4) is 0 Å². The molecule has 0 saturated carbocycles. The topological polar surface area (TPSA) is 40.6 Å². The number of amides is 2. The van der Waals surface area contributed by atoms with E-state index in [9.17, 15) is 9.59 Å². The number of aryl methyl sites for hydroxylation is 1. The number of fused-ring (bicyclic) bond motifs is 1. The van der Waals surface area contributed by atoms with Crippen molar-refractivity contribution in [1.82, 2.24) is 4.90 Å². The quantitative estimate of drug-likeness (QED) is 0.794. The fourth-order valence-corrected chi connectivity index (χ4v) is 4.54. The third-order valence-electron chi connectivity index (χ3n) is 4.97. The number of nitrogens with zero attached hydrogens (tertiary/aromatic N) is 2. The molecule has 0 aliphatic carbocycles. The Hall–Kier alpha value is -1.49. The summed E-state index contributed by atoms with van der Waals surface area (Å²) in [6, 6.07) is 6.06. The van der Waals surface area contributed by atoms with Crippen molar-refractivity contribution in [1.29, 1.82) is 0 Å². The number of carbonyl (C=O) groups is 2. The minimum Gasteiger partial charge on any atom is -0.334 e. The molecule has 1 aromatic carbocycles. The van der Waals surface area contributed by atoms with Crippen molar-refractivity contribution in [3.05, 3.63) is 29.3 Å². The molecule has 0 N–H and O–H groups in total. The van der Waals surface area contributed by atoms with Crippen LogP contribution in [0.1, 0.15) is 43.1 Å². The van der Waals surface area contributed by atoms with Crippen LogP contribution in [-0.2, 0) is 11.2 Å². The Morgan fingerprint density at radius 2 is 2.00 bits per heavy atom. The second-order valence-corrected chi connectivity index (χ2v) is 7.92. The molecule has 0 radical (unpaired) electrons. The number of benzene rings is 1. The number of hydrogen-bond donors (Lipinski definition) is 0. The lowest BCUT2D eigenvalue weighted by atomic mass is 9.98. The van der Waals surface area contributed by atoms with Gasteiger partial charge in [0.05, 0.1) is 0 Å². The van der Waals surface area contributed by atoms with E-state index in [1.54, 1.807) is 6.92 Å². The van der Waals surface area contributed by atoms with E-state index in [4.69, 9.17) is 0 Å². The molecule has 2 amide bonds. The van der Waals surface area contributed by atoms with Crippen molar-refractivity contribution in [2.75, 3.05) is 23.7 Å². The SMILES string of the molecule is CC(=O)N1CCCc2cc(C(=O)N3CCS[C@H](C)[C@H]3C)ccc21. The minimum absolute atomic E-state index is 0.0699. The van der Waals surface area contributed by atoms with E-state index >= 15 is 0 Å². The predicted molar refractivity (Wildman–Crippen MR) is 95.2 cm³/mol. The van der Waals surface area contributed by atoms with Gasteiger partial charge in [0.15, 0.2) is 0 Å². The van der Waals surface area contributed by atoms with Crippen LogP contribution in [0.15, 0.2) is 18.2 Å². The molecule has 1 fully saturated rings. The Bertz CT molecular complexity index is 631. The molecule has 2 aliphatic heterocycles. The average molecular weight is 332 g/mol. The summed E-state index contributed by atoms with van der Waals surface area (Å²) >= 11 is 1.93. The molecule has 2 heterocycles. The van der Waals surface area contributed by atoms with E-state index < -0.39 is 0 Å². The van der Waals surface area contributed by atoms with Gasteiger partial charge in [0, 0.05) is 48.3 Å². The molecule has 124 valence electrons. The van der Waals surface area contributed by atoms with Crippen molar-refractivity contribution in [2.24, 2.45) is 0 Å². The Kier molecular flexibility index (Phi) is 4.67. The third-order valence-corrected chi connectivity index (χ3v) is 6.31. The first-order chi connectivity index (χ1) is 11.0. The molecule has 4 nitrogen and oxygen atoms in total. The summed E-state index contributed by atoms with van der Waals surface area (Å²) in [6.07, 6.45) is 1.89. The van der Waals surface area contributed by atoms with Crippen molar-refractivity contribution in [3.8, 4) is 0 Å². The van der Waals surface area contributed by atoms with Gasteiger partial charge in [-0.05, 0) is 43.5 Å². The first-order valence-electron chi connectivity index (χ1n) is 8.32. The van der Waals surface area contributed by atoms with Crippen LogP contribution in [-0.4, -0.2) is 46.8 Å². The summed E-state index contributed by atoms with van der Waals surface area (Å²) in [7, 11) is 0. The fourth-order valence-electron chi connectivity index (χ4n) is 3.44. The third kappa shape index (κ3) is 3.11. The lowest BCUT2D eigenvalue weighted by Gasteiger charge is -2.37. The van der Waals surface area contributed by atoms with E-state index in [0.717, 1.165) is 48.5 Å². The van der Waals surface area contributed by atoms with E-state index in [0.29, 0.717) is 5.25 Å². The molecule has 0 spiro atoms. The summed E-state index contributed by atoms with van der Waals surface area (Å²) in [6.45, 7) is 7.50. The summed E-state index contributed by atoms with van der Waals surface area (Å²) in [5.74, 6) is 1.19. The Morgan fingerprint density at radius 3 is 2.74 bits per heavy atom. The molecule has 2 atom stereocenters. The van der Waals surface area contributed by atoms with Gasteiger partial charge in [-0.25, -0.2) is 0 Å². The second kappa shape index (κ2) is 6.56. The number of anilines is 1. The van der Waals surface area contributed by atoms with Crippen LogP contribution >= 0.6 is 11.8 Å². The van der Waals surface area contributed by atoms with Gasteiger partial charge in [-0.2, -0.15) is 11.8 Å². The van der Waals surface area contributed by atoms with Gasteiger partial charge < -0.3 is 9.80 Å². The van der Waals surface area contributed by atoms with Gasteiger partial charge in [-0.1, -0.05) is 6.92 Å². The zero-order valence-corrected chi connectivity index (χ0v) is 14.9. The van der Waals surface area contributed by atoms with Crippen LogP contribution in [0.4, 0.5) is 5.69 Å². The fraction of sp³-hybridized carbons (Fsp3) is 0.556. The Balaban J connectivity index is 1.87. The van der Waals surface area contributed by atoms with Gasteiger partial charge in [0.2, 0.25) is 5.91 Å². The molecule has 23 heavy (non-hydrogen) atoms. The highest BCUT2D eigenvalue weighted by atomic mass is 32.2. The number of hydrogen-bond acceptors (Lipinski definition) is 3. The largest absolute Gasteiger partial charge is 0.334 e. The van der Waals surface area contributed by atoms with Crippen molar-refractivity contribution >= 4 is 29.3 Å². The van der Waals surface area contributed by atoms with E-state index in [-0.39, 0.29) is 17.9 Å². The second-order valence-electron chi connectivity index (χ2n) is 6.43. The summed E-state index contributed by atoms with van der Waals surface area (Å²) < 4.78 is 0. The molecule has 5 heteroatoms. The van der Waals surface area contributed by atoms with Crippen LogP contribution in [0.2, 0.25) is 0 Å². The van der Waals surface area contributed by atoms with Crippen LogP contribution in [0.5, 0.6) is 0 Å². The van der Waals surface area contributed by atoms with Gasteiger partial charge in [-0.15, -0.1) is 0 Å². The van der Waals surface area contributed by atoms with Crippen molar-refractivity contribution < 1.29 is 9.59 Å². The maximum absolute atomic E-state index is 12.9. The van der Waals surface area contributed by atoms with Crippen molar-refractivity contribution in [3.63, 3.8) is 0 Å². The van der Waals surface area contributed by atoms with Gasteiger partial charge in [-0.3, -0.25) is 9.59 Å². The molecule has 0 unspecified atom stereocenters. The molecule has 2 aliphatic rings. The van der Waals surface area contributed by atoms with Crippen molar-refractivity contribution in [2.45, 2.75) is 44.9 Å². The van der Waals surface area contributed by atoms with Crippen LogP contribution in [0.25, 0.3) is 0 Å². The summed E-state index contributed by atoms with van der Waals surface area (Å²) in [5.41, 5.74) is 2.83. The normalized spacial score (nSPS) is 24.3. The first kappa shape index (κ1) is 16.4. The molecule has 0 aromatic heterocycles. The highest BCUT2D eigenvalue weighted by Crippen LogP contribution is 2.30. The Labute approximate surface area is 142 Å². The molecule has 1 aromatic rings. The standard InChI is InChI=1S/C18H24N2O2S/c1-12-13(2)23-10-9-19(12)18(22)16-6-7-17-15(11-16)5-4-8-20(17)14(3)21/h6-7,11-13H,4-5,8-10H2,1-3H3/t12-,13-/m1/s1. The number of carbonyl (C=O) groups excluding carboxylic acids is 2. The molecule has 1 saturated heterocycles. The number of thioether (sulfide) groups is 1. The van der Waals surface area contributed by atoms with Gasteiger partial charge in [0.25, 0.3) is 5.91 Å². The highest BCUT2D eigenvalue weighted by molar-refractivity contribution is 8.00. The average Bonchev–Trinajstić information content (AvgIpc) is 2.55. The minimum atomic E-state index is 0.0699. The van der Waals surface area contributed by atoms with Crippen LogP contribution < -0.4 is 4.90 Å². The van der Waals surface area contributed by atoms with E-state index in [1.165, 1.54) is 0 Å². The van der Waals surface area contributed by atoms with E-state index in [2.05, 4.69) is 13.8 Å². The highest BCUT2D eigenvalue weighted by Gasteiger charge is 2.30. The lowest BCUT2D eigenvalue weighted by molar-refractivity contribution is -0.116. The van der Waals surface area contributed by atoms with Gasteiger partial charge in [0.1, 0.15) is 0 Å². The molecule has 0 bridgehead atoms. The lowest BCUT2D eigenvalue weighted by Crippen LogP contribution is -2.48. The molecular formula is C18H24N2O2S. The summed E-state index contributed by atoms with van der Waals surface area (Å²) in [4.78, 5) is 28.5. The molecular weight excluding hydrogens is 308 g/mol. The predicted octanol–water partition coefficient (Wildman–Crippen LogP) is 2.95. The monoisotopic (exact) mass is 332 g/mol. The number of rotatable bonds is 1. The maximum Gasteiger partial charge on any atom is 0.254 e. The zero-order valence-electron chi connectivity index (χ0n) is 14.0. The van der Waals surface area contributed by atoms with E-state index in [1.807, 2.05) is 39.8 Å². The molecule has 3 rings (SSSR count). The smallest absolute Gasteiger partial charge is 0.254 e. The summed E-state index contributed by atoms with van der Waals surface area (Å²) in [5, 5.41) is 0.471. The first-order valence-corrected chi connectivity index (χ1v) is 9.37. The van der Waals surface area contributed by atoms with Crippen LogP contribution in [0, 0.1) is 0 Å². The zero-order chi connectivity index (χ0) is 16.6. The Morgan fingerprint density at radius 1 is 1.22 bits per heavy atom. The van der Waals surface area contributed by atoms with Gasteiger partial charge >= 0.3 is 0 Å².